The third kappa shape index (κ3) is 5.58. The fourth-order valence-corrected chi connectivity index (χ4v) is 1.53. The Morgan fingerprint density at radius 2 is 2.00 bits per heavy atom. The summed E-state index contributed by atoms with van der Waals surface area (Å²) in [5, 5.41) is 0. The summed E-state index contributed by atoms with van der Waals surface area (Å²) in [7, 11) is 3.03. The smallest absolute Gasteiger partial charge is 0.401 e. The van der Waals surface area contributed by atoms with Gasteiger partial charge in [-0.2, -0.15) is 13.2 Å². The summed E-state index contributed by atoms with van der Waals surface area (Å²) < 4.78 is 41.3. The average Bonchev–Trinajstić information content (AvgIpc) is 2.24. The summed E-state index contributed by atoms with van der Waals surface area (Å²) in [4.78, 5) is 1.26. The topological polar surface area (TPSA) is 12.5 Å². The Morgan fingerprint density at radius 3 is 2.59 bits per heavy atom. The van der Waals surface area contributed by atoms with E-state index < -0.39 is 12.7 Å². The molecule has 0 aliphatic heterocycles. The van der Waals surface area contributed by atoms with E-state index in [-0.39, 0.29) is 0 Å². The first-order chi connectivity index (χ1) is 7.90. The molecule has 0 N–H and O–H groups in total. The first-order valence-electron chi connectivity index (χ1n) is 5.29. The fraction of sp³-hybridized carbons (Fsp3) is 0.500. The van der Waals surface area contributed by atoms with Crippen LogP contribution in [0.1, 0.15) is 5.56 Å². The third-order valence-electron chi connectivity index (χ3n) is 2.37. The lowest BCUT2D eigenvalue weighted by Crippen LogP contribution is -2.32. The molecule has 0 radical (unpaired) electrons. The summed E-state index contributed by atoms with van der Waals surface area (Å²) in [6.07, 6.45) is -3.56. The molecule has 1 aromatic rings. The third-order valence-corrected chi connectivity index (χ3v) is 2.37. The molecule has 0 atom stereocenters. The summed E-state index contributed by atoms with van der Waals surface area (Å²) in [6.45, 7) is -0.510. The average molecular weight is 247 g/mol. The van der Waals surface area contributed by atoms with E-state index in [1.807, 2.05) is 24.3 Å². The highest BCUT2D eigenvalue weighted by molar-refractivity contribution is 5.28. The second-order valence-electron chi connectivity index (χ2n) is 3.95. The lowest BCUT2D eigenvalue weighted by Gasteiger charge is -2.18. The van der Waals surface area contributed by atoms with Crippen molar-refractivity contribution in [3.05, 3.63) is 29.8 Å². The van der Waals surface area contributed by atoms with Crippen LogP contribution in [0.4, 0.5) is 13.2 Å². The van der Waals surface area contributed by atoms with Crippen molar-refractivity contribution in [2.75, 3.05) is 27.2 Å². The minimum Gasteiger partial charge on any atom is -0.497 e. The van der Waals surface area contributed by atoms with Crippen LogP contribution >= 0.6 is 0 Å². The normalized spacial score (nSPS) is 11.9. The number of nitrogens with zero attached hydrogens (tertiary/aromatic N) is 1. The lowest BCUT2D eigenvalue weighted by atomic mass is 10.1. The highest BCUT2D eigenvalue weighted by atomic mass is 19.4. The SMILES string of the molecule is COc1cccc(CCN(C)CC(F)(F)F)c1. The van der Waals surface area contributed by atoms with E-state index >= 15 is 0 Å². The first kappa shape index (κ1) is 13.8. The maximum absolute atomic E-state index is 12.1. The summed E-state index contributed by atoms with van der Waals surface area (Å²) in [5.41, 5.74) is 0.971. The zero-order valence-electron chi connectivity index (χ0n) is 9.92. The van der Waals surface area contributed by atoms with Gasteiger partial charge in [0.2, 0.25) is 0 Å². The van der Waals surface area contributed by atoms with Crippen molar-refractivity contribution >= 4 is 0 Å². The van der Waals surface area contributed by atoms with Gasteiger partial charge >= 0.3 is 6.18 Å². The largest absolute Gasteiger partial charge is 0.497 e. The standard InChI is InChI=1S/C12H16F3NO/c1-16(9-12(13,14)15)7-6-10-4-3-5-11(8-10)17-2/h3-5,8H,6-7,9H2,1-2H3. The molecule has 96 valence electrons. The van der Waals surface area contributed by atoms with E-state index in [1.54, 1.807) is 7.11 Å². The van der Waals surface area contributed by atoms with E-state index in [2.05, 4.69) is 0 Å². The Balaban J connectivity index is 2.44. The van der Waals surface area contributed by atoms with Crippen LogP contribution in [0.3, 0.4) is 0 Å². The van der Waals surface area contributed by atoms with E-state index in [1.165, 1.54) is 11.9 Å². The Hall–Kier alpha value is -1.23. The maximum atomic E-state index is 12.1. The van der Waals surface area contributed by atoms with Gasteiger partial charge in [-0.05, 0) is 31.2 Å². The van der Waals surface area contributed by atoms with Gasteiger partial charge in [-0.3, -0.25) is 4.90 Å². The molecule has 0 aromatic heterocycles. The van der Waals surface area contributed by atoms with Gasteiger partial charge in [0.1, 0.15) is 5.75 Å². The molecule has 1 aromatic carbocycles. The molecule has 0 aliphatic carbocycles. The van der Waals surface area contributed by atoms with Crippen LogP contribution in [0.2, 0.25) is 0 Å². The number of hydrogen-bond donors (Lipinski definition) is 0. The van der Waals surface area contributed by atoms with E-state index in [9.17, 15) is 13.2 Å². The molecule has 1 rings (SSSR count). The number of likely N-dealkylation sites (N-methyl/N-ethyl adjacent to an activating group) is 1. The van der Waals surface area contributed by atoms with Crippen LogP contribution in [0.25, 0.3) is 0 Å². The molecule has 0 fully saturated rings. The molecule has 0 unspecified atom stereocenters. The van der Waals surface area contributed by atoms with Gasteiger partial charge < -0.3 is 4.74 Å². The van der Waals surface area contributed by atoms with Gasteiger partial charge in [0.25, 0.3) is 0 Å². The van der Waals surface area contributed by atoms with E-state index in [0.717, 1.165) is 11.3 Å². The van der Waals surface area contributed by atoms with Crippen molar-refractivity contribution in [1.29, 1.82) is 0 Å². The number of hydrogen-bond acceptors (Lipinski definition) is 2. The van der Waals surface area contributed by atoms with Crippen LogP contribution in [-0.4, -0.2) is 38.3 Å². The Bertz CT molecular complexity index is 352. The fourth-order valence-electron chi connectivity index (χ4n) is 1.53. The zero-order chi connectivity index (χ0) is 12.9. The minimum absolute atomic E-state index is 0.368. The molecule has 0 heterocycles. The van der Waals surface area contributed by atoms with Gasteiger partial charge in [0.15, 0.2) is 0 Å². The van der Waals surface area contributed by atoms with E-state index in [0.29, 0.717) is 13.0 Å². The molecule has 0 aliphatic rings. The van der Waals surface area contributed by atoms with Gasteiger partial charge in [0, 0.05) is 6.54 Å². The monoisotopic (exact) mass is 247 g/mol. The van der Waals surface area contributed by atoms with Crippen LogP contribution in [0.5, 0.6) is 5.75 Å². The first-order valence-corrected chi connectivity index (χ1v) is 5.29. The Morgan fingerprint density at radius 1 is 1.29 bits per heavy atom. The van der Waals surface area contributed by atoms with Crippen LogP contribution in [-0.2, 0) is 6.42 Å². The second-order valence-corrected chi connectivity index (χ2v) is 3.95. The molecule has 0 amide bonds. The molecule has 17 heavy (non-hydrogen) atoms. The van der Waals surface area contributed by atoms with Gasteiger partial charge in [-0.25, -0.2) is 0 Å². The van der Waals surface area contributed by atoms with Crippen LogP contribution in [0.15, 0.2) is 24.3 Å². The molecule has 0 saturated carbocycles. The number of halogens is 3. The van der Waals surface area contributed by atoms with Crippen molar-refractivity contribution < 1.29 is 17.9 Å². The molecule has 0 spiro atoms. The number of methoxy groups -OCH3 is 1. The van der Waals surface area contributed by atoms with Crippen molar-refractivity contribution in [3.8, 4) is 5.75 Å². The van der Waals surface area contributed by atoms with Gasteiger partial charge in [-0.1, -0.05) is 12.1 Å². The van der Waals surface area contributed by atoms with Crippen molar-refractivity contribution in [3.63, 3.8) is 0 Å². The Kier molecular flexibility index (Phi) is 4.81. The molecular weight excluding hydrogens is 231 g/mol. The predicted molar refractivity (Wildman–Crippen MR) is 60.3 cm³/mol. The summed E-state index contributed by atoms with van der Waals surface area (Å²) in [5.74, 6) is 0.723. The quantitative estimate of drug-likeness (QED) is 0.793. The lowest BCUT2D eigenvalue weighted by molar-refractivity contribution is -0.142. The Labute approximate surface area is 99.0 Å². The number of ether oxygens (including phenoxy) is 1. The number of rotatable bonds is 5. The van der Waals surface area contributed by atoms with Gasteiger partial charge in [0.05, 0.1) is 13.7 Å². The number of benzene rings is 1. The minimum atomic E-state index is -4.14. The molecule has 0 saturated heterocycles. The predicted octanol–water partition coefficient (Wildman–Crippen LogP) is 2.73. The van der Waals surface area contributed by atoms with Gasteiger partial charge in [-0.15, -0.1) is 0 Å². The summed E-state index contributed by atoms with van der Waals surface area (Å²) in [6, 6.07) is 7.35. The molecular formula is C12H16F3NO. The highest BCUT2D eigenvalue weighted by Gasteiger charge is 2.28. The van der Waals surface area contributed by atoms with Crippen molar-refractivity contribution in [2.45, 2.75) is 12.6 Å². The van der Waals surface area contributed by atoms with Crippen molar-refractivity contribution in [2.24, 2.45) is 0 Å². The zero-order valence-corrected chi connectivity index (χ0v) is 9.92. The highest BCUT2D eigenvalue weighted by Crippen LogP contribution is 2.16. The molecule has 5 heteroatoms. The summed E-state index contributed by atoms with van der Waals surface area (Å²) >= 11 is 0. The maximum Gasteiger partial charge on any atom is 0.401 e. The van der Waals surface area contributed by atoms with Crippen LogP contribution < -0.4 is 4.74 Å². The van der Waals surface area contributed by atoms with Crippen molar-refractivity contribution in [1.82, 2.24) is 4.90 Å². The van der Waals surface area contributed by atoms with E-state index in [4.69, 9.17) is 4.74 Å². The molecule has 0 bridgehead atoms. The number of alkyl halides is 3. The van der Waals surface area contributed by atoms with Crippen LogP contribution in [0, 0.1) is 0 Å². The molecule has 2 nitrogen and oxygen atoms in total. The second kappa shape index (κ2) is 5.91.